The third kappa shape index (κ3) is 18.0. The fraction of sp³-hybridized carbons (Fsp3) is 0.487. The van der Waals surface area contributed by atoms with Gasteiger partial charge in [-0.3, -0.25) is 49.3 Å². The number of H-pyrrole nitrogens is 4. The smallest absolute Gasteiger partial charge is 0.274 e. The lowest BCUT2D eigenvalue weighted by Gasteiger charge is -2.32. The summed E-state index contributed by atoms with van der Waals surface area (Å²) in [6.45, 7) is 12.7. The Balaban J connectivity index is 0.000000124. The first-order valence-electron chi connectivity index (χ1n) is 38.6. The average Bonchev–Trinajstić information content (AvgIpc) is 1.73. The molecule has 4 aromatic carbocycles. The molecule has 0 bridgehead atoms. The van der Waals surface area contributed by atoms with E-state index in [2.05, 4.69) is 57.6 Å². The Morgan fingerprint density at radius 3 is 1.23 bits per heavy atom. The van der Waals surface area contributed by atoms with Crippen molar-refractivity contribution in [3.63, 3.8) is 0 Å². The van der Waals surface area contributed by atoms with E-state index in [1.807, 2.05) is 28.0 Å². The van der Waals surface area contributed by atoms with Gasteiger partial charge in [0.1, 0.15) is 23.3 Å². The lowest BCUT2D eigenvalue weighted by atomic mass is 9.89. The van der Waals surface area contributed by atoms with Gasteiger partial charge in [0.15, 0.2) is 22.8 Å². The Hall–Kier alpha value is -8.22. The first-order valence-corrected chi connectivity index (χ1v) is 42.0. The Morgan fingerprint density at radius 1 is 0.429 bits per heavy atom. The quantitative estimate of drug-likeness (QED) is 0.0879. The number of amides is 5. The lowest BCUT2D eigenvalue weighted by molar-refractivity contribution is -0.129. The summed E-state index contributed by atoms with van der Waals surface area (Å²) < 4.78 is 79.9. The van der Waals surface area contributed by atoms with Crippen molar-refractivity contribution in [1.82, 2.24) is 79.4 Å². The highest BCUT2D eigenvalue weighted by Crippen LogP contribution is 2.41. The van der Waals surface area contributed by atoms with Gasteiger partial charge in [-0.05, 0) is 179 Å². The molecule has 0 spiro atoms. The number of halogens is 8. The van der Waals surface area contributed by atoms with Crippen LogP contribution in [-0.4, -0.2) is 216 Å². The van der Waals surface area contributed by atoms with Crippen LogP contribution in [0.1, 0.15) is 204 Å². The van der Waals surface area contributed by atoms with E-state index in [0.717, 1.165) is 152 Å². The van der Waals surface area contributed by atoms with Crippen LogP contribution >= 0.6 is 46.4 Å². The molecule has 17 rings (SSSR count). The molecular formula is C80H92Cl4F4N16O7S. The molecule has 12 heterocycles. The summed E-state index contributed by atoms with van der Waals surface area (Å²) in [5.74, 6) is -0.258. The van der Waals surface area contributed by atoms with Crippen molar-refractivity contribution in [3.8, 4) is 0 Å². The minimum atomic E-state index is -3.34. The van der Waals surface area contributed by atoms with Gasteiger partial charge in [-0.15, -0.1) is 0 Å². The van der Waals surface area contributed by atoms with E-state index in [9.17, 15) is 50.0 Å². The van der Waals surface area contributed by atoms with E-state index in [4.69, 9.17) is 46.4 Å². The molecule has 9 aliphatic rings. The van der Waals surface area contributed by atoms with Crippen molar-refractivity contribution in [2.24, 2.45) is 5.92 Å². The van der Waals surface area contributed by atoms with Crippen LogP contribution in [0.5, 0.6) is 0 Å². The Kier molecular flexibility index (Phi) is 25.0. The molecule has 4 saturated heterocycles. The van der Waals surface area contributed by atoms with Crippen LogP contribution in [0.2, 0.25) is 20.1 Å². The maximum atomic E-state index is 13.8. The molecule has 4 N–H and O–H groups in total. The first kappa shape index (κ1) is 80.4. The zero-order valence-electron chi connectivity index (χ0n) is 62.9. The SMILES string of the molecule is CC(=O)N1CCc2c(C(=O)N3CCC(c4cccc(F)c4Cl)CC3)n[nH]c2C1.CN1CCc2c(C(=O)N3CCC(c4cccc(F)c4Cl)CC3)n[nH]c2C1.CS(=O)(=O)N1CCc2[nH]nc(C(=O)N3CCC(c4cc(F)ccc4Cl)CC3)c2C1.O=C(c1n[nH]c2c1CCN(CC1CC1)C2)N1CCC(c2cccc(F)c2Cl)CC1. The lowest BCUT2D eigenvalue weighted by Crippen LogP contribution is -2.40. The number of nitrogens with zero attached hydrogens (tertiary/aromatic N) is 12. The Bertz CT molecular complexity index is 4930. The van der Waals surface area contributed by atoms with Crippen LogP contribution in [0.15, 0.2) is 72.8 Å². The van der Waals surface area contributed by atoms with Crippen LogP contribution in [-0.2, 0) is 66.7 Å². The average molecular weight is 1640 g/mol. The minimum absolute atomic E-state index is 0.00385. The number of piperidine rings is 4. The third-order valence-corrected chi connectivity index (χ3v) is 26.5. The fourth-order valence-electron chi connectivity index (χ4n) is 17.0. The molecule has 0 unspecified atom stereocenters. The molecule has 8 aliphatic heterocycles. The number of carbonyl (C=O) groups is 5. The van der Waals surface area contributed by atoms with E-state index in [1.165, 1.54) is 53.7 Å². The van der Waals surface area contributed by atoms with E-state index in [1.54, 1.807) is 45.9 Å². The van der Waals surface area contributed by atoms with Gasteiger partial charge in [0.2, 0.25) is 15.9 Å². The summed E-state index contributed by atoms with van der Waals surface area (Å²) in [4.78, 5) is 77.3. The largest absolute Gasteiger partial charge is 0.337 e. The first-order chi connectivity index (χ1) is 53.8. The second-order valence-electron chi connectivity index (χ2n) is 30.9. The molecule has 0 radical (unpaired) electrons. The van der Waals surface area contributed by atoms with Crippen LogP contribution in [0.25, 0.3) is 0 Å². The number of benzene rings is 4. The molecule has 0 atom stereocenters. The second-order valence-corrected chi connectivity index (χ2v) is 34.5. The van der Waals surface area contributed by atoms with E-state index < -0.39 is 15.8 Å². The number of sulfonamides is 1. The summed E-state index contributed by atoms with van der Waals surface area (Å²) in [6.07, 6.45) is 12.7. The van der Waals surface area contributed by atoms with Crippen molar-refractivity contribution in [2.75, 3.05) is 98.4 Å². The van der Waals surface area contributed by atoms with Gasteiger partial charge in [-0.1, -0.05) is 82.8 Å². The van der Waals surface area contributed by atoms with E-state index in [0.29, 0.717) is 125 Å². The highest BCUT2D eigenvalue weighted by Gasteiger charge is 2.38. The van der Waals surface area contributed by atoms with Gasteiger partial charge in [-0.25, -0.2) is 26.0 Å². The molecule has 4 aromatic heterocycles. The number of likely N-dealkylation sites (N-methyl/N-ethyl adjacent to an activating group) is 1. The predicted molar refractivity (Wildman–Crippen MR) is 417 cm³/mol. The number of rotatable bonds is 11. The molecule has 1 saturated carbocycles. The fourth-order valence-corrected chi connectivity index (χ4v) is 18.9. The van der Waals surface area contributed by atoms with Crippen LogP contribution in [0.4, 0.5) is 17.6 Å². The van der Waals surface area contributed by atoms with Gasteiger partial charge in [0, 0.05) is 151 Å². The molecule has 32 heteroatoms. The minimum Gasteiger partial charge on any atom is -0.337 e. The molecular weight excluding hydrogens is 1550 g/mol. The third-order valence-electron chi connectivity index (χ3n) is 23.7. The van der Waals surface area contributed by atoms with Crippen molar-refractivity contribution in [2.45, 2.75) is 147 Å². The van der Waals surface area contributed by atoms with Crippen LogP contribution in [0, 0.1) is 29.2 Å². The van der Waals surface area contributed by atoms with E-state index >= 15 is 0 Å². The molecule has 1 aliphatic carbocycles. The molecule has 23 nitrogen and oxygen atoms in total. The number of aromatic amines is 4. The van der Waals surface area contributed by atoms with Crippen LogP contribution < -0.4 is 0 Å². The zero-order valence-corrected chi connectivity index (χ0v) is 66.7. The molecule has 112 heavy (non-hydrogen) atoms. The van der Waals surface area contributed by atoms with Gasteiger partial charge in [0.25, 0.3) is 23.6 Å². The maximum absolute atomic E-state index is 13.8. The number of hydrogen-bond donors (Lipinski definition) is 4. The molecule has 596 valence electrons. The van der Waals surface area contributed by atoms with E-state index in [-0.39, 0.29) is 98.0 Å². The van der Waals surface area contributed by atoms with Crippen molar-refractivity contribution < 1.29 is 50.0 Å². The maximum Gasteiger partial charge on any atom is 0.274 e. The van der Waals surface area contributed by atoms with Crippen molar-refractivity contribution in [3.05, 3.63) is 206 Å². The molecule has 5 fully saturated rings. The Labute approximate surface area is 668 Å². The number of fused-ring (bicyclic) bond motifs is 4. The summed E-state index contributed by atoms with van der Waals surface area (Å²) in [7, 11) is -1.27. The van der Waals surface area contributed by atoms with Gasteiger partial charge in [-0.2, -0.15) is 24.7 Å². The zero-order chi connectivity index (χ0) is 78.8. The van der Waals surface area contributed by atoms with Gasteiger partial charge in [0.05, 0.1) is 45.0 Å². The number of hydrogen-bond acceptors (Lipinski definition) is 13. The van der Waals surface area contributed by atoms with Gasteiger partial charge < -0.3 is 29.4 Å². The summed E-state index contributed by atoms with van der Waals surface area (Å²) >= 11 is 24.6. The summed E-state index contributed by atoms with van der Waals surface area (Å²) in [6, 6.07) is 19.2. The number of aromatic nitrogens is 8. The predicted octanol–water partition coefficient (Wildman–Crippen LogP) is 12.9. The number of nitrogens with one attached hydrogen (secondary N) is 4. The summed E-state index contributed by atoms with van der Waals surface area (Å²) in [5.41, 5.74) is 12.7. The van der Waals surface area contributed by atoms with Gasteiger partial charge >= 0.3 is 0 Å². The molecule has 5 amide bonds. The number of likely N-dealkylation sites (tertiary alicyclic amines) is 4. The monoisotopic (exact) mass is 1640 g/mol. The standard InChI is InChI=1S/C22H26ClFN4O.C20H22ClFN4O2.C19H22ClFN4O3S.C19H22ClFN4O/c23-20-16(2-1-3-18(20)24)15-6-10-28(11-7-15)22(29)21-17-8-9-27(12-14-4-5-14)13-19(17)25-26-21;1-12(27)26-10-7-15-17(11-26)23-24-19(15)20(28)25-8-5-13(6-9-25)14-3-2-4-16(22)18(14)21;1-29(27,28)25-9-6-17-15(11-25)18(23-22-17)19(26)24-7-4-12(5-8-24)14-10-13(21)2-3-16(14)20;1-24-8-7-14-16(11-24)22-23-18(14)19(26)25-9-5-12(6-10-25)13-3-2-4-15(21)17(13)20/h1-3,14-15H,4-13H2,(H,25,26);2-4,13H,5-11H2,1H3,(H,23,24);2-3,10,12H,4-9,11H2,1H3,(H,22,23);2-4,12H,5-11H2,1H3,(H,22,23). The number of carbonyl (C=O) groups excluding carboxylic acids is 5. The highest BCUT2D eigenvalue weighted by atomic mass is 35.5. The second kappa shape index (κ2) is 34.9. The van der Waals surface area contributed by atoms with Crippen molar-refractivity contribution in [1.29, 1.82) is 0 Å². The van der Waals surface area contributed by atoms with Crippen molar-refractivity contribution >= 4 is 86.0 Å². The highest BCUT2D eigenvalue weighted by molar-refractivity contribution is 7.88. The topological polar surface area (TPSA) is 260 Å². The summed E-state index contributed by atoms with van der Waals surface area (Å²) in [5, 5.41) is 30.2. The normalized spacial score (nSPS) is 18.9. The van der Waals surface area contributed by atoms with Crippen LogP contribution in [0.3, 0.4) is 0 Å². The Morgan fingerprint density at radius 2 is 0.812 bits per heavy atom. The molecule has 8 aromatic rings.